The van der Waals surface area contributed by atoms with E-state index >= 15 is 0 Å². The minimum absolute atomic E-state index is 0.0540. The Kier molecular flexibility index (Phi) is 5.89. The summed E-state index contributed by atoms with van der Waals surface area (Å²) < 4.78 is 57.4. The molecule has 1 aromatic heterocycles. The van der Waals surface area contributed by atoms with E-state index in [2.05, 4.69) is 4.98 Å². The molecule has 2 fully saturated rings. The number of hydrogen-bond acceptors (Lipinski definition) is 4. The van der Waals surface area contributed by atoms with Crippen LogP contribution in [0, 0.1) is 5.82 Å². The van der Waals surface area contributed by atoms with E-state index < -0.39 is 29.1 Å². The van der Waals surface area contributed by atoms with E-state index in [0.717, 1.165) is 12.1 Å². The van der Waals surface area contributed by atoms with Crippen molar-refractivity contribution in [3.63, 3.8) is 0 Å². The smallest absolute Gasteiger partial charge is 0.363 e. The molecule has 2 amide bonds. The molecule has 1 atom stereocenters. The van der Waals surface area contributed by atoms with E-state index in [1.165, 1.54) is 24.3 Å². The van der Waals surface area contributed by atoms with Gasteiger partial charge in [-0.2, -0.15) is 13.2 Å². The lowest BCUT2D eigenvalue weighted by molar-refractivity contribution is -0.140. The van der Waals surface area contributed by atoms with Gasteiger partial charge >= 0.3 is 6.18 Å². The number of rotatable bonds is 2. The van der Waals surface area contributed by atoms with Gasteiger partial charge in [0.15, 0.2) is 0 Å². The second kappa shape index (κ2) is 8.50. The lowest BCUT2D eigenvalue weighted by atomic mass is 9.92. The molecule has 2 aliphatic heterocycles. The van der Waals surface area contributed by atoms with Crippen LogP contribution in [0.25, 0.3) is 0 Å². The van der Waals surface area contributed by atoms with Crippen molar-refractivity contribution in [1.82, 2.24) is 9.88 Å². The maximum absolute atomic E-state index is 13.3. The highest BCUT2D eigenvalue weighted by atomic mass is 19.4. The van der Waals surface area contributed by atoms with Gasteiger partial charge in [-0.05, 0) is 55.7 Å². The van der Waals surface area contributed by atoms with Gasteiger partial charge in [0.05, 0.1) is 17.7 Å². The Labute approximate surface area is 181 Å². The lowest BCUT2D eigenvalue weighted by Gasteiger charge is -2.42. The quantitative estimate of drug-likeness (QED) is 0.654. The van der Waals surface area contributed by atoms with E-state index in [-0.39, 0.29) is 24.8 Å². The Morgan fingerprint density at radius 1 is 1.06 bits per heavy atom. The number of pyridine rings is 1. The van der Waals surface area contributed by atoms with E-state index in [0.29, 0.717) is 44.2 Å². The van der Waals surface area contributed by atoms with E-state index in [9.17, 15) is 27.2 Å². The third-order valence-corrected chi connectivity index (χ3v) is 5.88. The average Bonchev–Trinajstić information content (AvgIpc) is 2.98. The minimum atomic E-state index is -4.52. The second-order valence-electron chi connectivity index (χ2n) is 8.00. The number of carbonyl (C=O) groups excluding carboxylic acids is 2. The molecule has 1 aromatic carbocycles. The molecule has 32 heavy (non-hydrogen) atoms. The van der Waals surface area contributed by atoms with Gasteiger partial charge in [-0.3, -0.25) is 14.6 Å². The first kappa shape index (κ1) is 22.2. The van der Waals surface area contributed by atoms with Gasteiger partial charge in [0.1, 0.15) is 18.1 Å². The number of likely N-dealkylation sites (tertiary alicyclic amines) is 1. The molecule has 4 rings (SSSR count). The molecule has 2 aliphatic rings. The summed E-state index contributed by atoms with van der Waals surface area (Å²) in [5.41, 5.74) is -1.05. The summed E-state index contributed by atoms with van der Waals surface area (Å²) in [6, 6.07) is 7.57. The molecule has 1 spiro atoms. The molecule has 170 valence electrons. The molecular formula is C22H21F4N3O3. The van der Waals surface area contributed by atoms with Gasteiger partial charge < -0.3 is 14.5 Å². The summed E-state index contributed by atoms with van der Waals surface area (Å²) in [5.74, 6) is -1.07. The summed E-state index contributed by atoms with van der Waals surface area (Å²) in [4.78, 5) is 32.0. The van der Waals surface area contributed by atoms with Gasteiger partial charge in [-0.15, -0.1) is 0 Å². The first-order valence-corrected chi connectivity index (χ1v) is 10.2. The monoisotopic (exact) mass is 451 g/mol. The molecule has 6 nitrogen and oxygen atoms in total. The zero-order valence-corrected chi connectivity index (χ0v) is 17.1. The summed E-state index contributed by atoms with van der Waals surface area (Å²) in [7, 11) is 0. The van der Waals surface area contributed by atoms with Crippen LogP contribution in [0.2, 0.25) is 0 Å². The van der Waals surface area contributed by atoms with Gasteiger partial charge in [0.25, 0.3) is 11.8 Å². The van der Waals surface area contributed by atoms with Crippen molar-refractivity contribution in [3.05, 3.63) is 59.7 Å². The molecule has 0 radical (unpaired) electrons. The van der Waals surface area contributed by atoms with E-state index in [4.69, 9.17) is 4.74 Å². The number of halogens is 4. The van der Waals surface area contributed by atoms with Crippen LogP contribution in [-0.4, -0.2) is 53.5 Å². The Morgan fingerprint density at radius 2 is 1.81 bits per heavy atom. The highest BCUT2D eigenvalue weighted by Crippen LogP contribution is 2.33. The van der Waals surface area contributed by atoms with Gasteiger partial charge in [0.2, 0.25) is 0 Å². The zero-order chi connectivity index (χ0) is 22.9. The number of morpholine rings is 1. The Hall–Kier alpha value is -3.01. The van der Waals surface area contributed by atoms with Gasteiger partial charge in [-0.1, -0.05) is 0 Å². The van der Waals surface area contributed by atoms with Crippen LogP contribution < -0.4 is 4.90 Å². The van der Waals surface area contributed by atoms with E-state index in [1.807, 2.05) is 0 Å². The molecule has 1 unspecified atom stereocenters. The number of anilines is 1. The number of amides is 2. The van der Waals surface area contributed by atoms with Crippen LogP contribution in [0.15, 0.2) is 42.6 Å². The first-order valence-electron chi connectivity index (χ1n) is 10.2. The van der Waals surface area contributed by atoms with Gasteiger partial charge in [0, 0.05) is 25.0 Å². The van der Waals surface area contributed by atoms with Gasteiger partial charge in [-0.25, -0.2) is 4.39 Å². The topological polar surface area (TPSA) is 62.7 Å². The molecular weight excluding hydrogens is 430 g/mol. The molecule has 0 saturated carbocycles. The maximum Gasteiger partial charge on any atom is 0.417 e. The third-order valence-electron chi connectivity index (χ3n) is 5.88. The highest BCUT2D eigenvalue weighted by molar-refractivity contribution is 5.95. The van der Waals surface area contributed by atoms with Crippen LogP contribution in [0.5, 0.6) is 0 Å². The number of ether oxygens (including phenoxy) is 1. The Balaban J connectivity index is 1.45. The fourth-order valence-electron chi connectivity index (χ4n) is 4.09. The Bertz CT molecular complexity index is 995. The van der Waals surface area contributed by atoms with Crippen LogP contribution in [-0.2, 0) is 15.7 Å². The maximum atomic E-state index is 13.3. The normalized spacial score (nSPS) is 22.2. The number of benzene rings is 1. The minimum Gasteiger partial charge on any atom is -0.363 e. The molecule has 2 aromatic rings. The Morgan fingerprint density at radius 3 is 2.47 bits per heavy atom. The predicted molar refractivity (Wildman–Crippen MR) is 106 cm³/mol. The summed E-state index contributed by atoms with van der Waals surface area (Å²) >= 11 is 0. The summed E-state index contributed by atoms with van der Waals surface area (Å²) in [6.45, 7) is 0.869. The number of aromatic nitrogens is 1. The summed E-state index contributed by atoms with van der Waals surface area (Å²) in [6.07, 6.45) is -2.22. The van der Waals surface area contributed by atoms with Crippen molar-refractivity contribution in [2.45, 2.75) is 31.0 Å². The molecule has 0 aliphatic carbocycles. The number of carbonyl (C=O) groups is 2. The fourth-order valence-corrected chi connectivity index (χ4v) is 4.09. The third kappa shape index (κ3) is 4.59. The molecule has 0 N–H and O–H groups in total. The SMILES string of the molecule is O=C(c1ccc(C(F)(F)F)cn1)N1CCCC2(CC1)CN(c1ccc(F)cc1)C(=O)CO2. The predicted octanol–water partition coefficient (Wildman–Crippen LogP) is 3.67. The summed E-state index contributed by atoms with van der Waals surface area (Å²) in [5, 5.41) is 0. The number of alkyl halides is 3. The van der Waals surface area contributed by atoms with Crippen molar-refractivity contribution in [2.24, 2.45) is 0 Å². The number of hydrogen-bond donors (Lipinski definition) is 0. The van der Waals surface area contributed by atoms with Crippen molar-refractivity contribution >= 4 is 17.5 Å². The van der Waals surface area contributed by atoms with Crippen LogP contribution >= 0.6 is 0 Å². The first-order chi connectivity index (χ1) is 15.2. The van der Waals surface area contributed by atoms with E-state index in [1.54, 1.807) is 9.80 Å². The highest BCUT2D eigenvalue weighted by Gasteiger charge is 2.42. The standard InChI is InChI=1S/C22H21F4N3O3/c23-16-3-5-17(6-4-16)29-14-21(32-13-19(29)30)8-1-10-28(11-9-21)20(31)18-7-2-15(12-27-18)22(24,25)26/h2-7,12H,1,8-11,13-14H2. The lowest BCUT2D eigenvalue weighted by Crippen LogP contribution is -2.55. The number of nitrogens with zero attached hydrogens (tertiary/aromatic N) is 3. The second-order valence-corrected chi connectivity index (χ2v) is 8.00. The fraction of sp³-hybridized carbons (Fsp3) is 0.409. The van der Waals surface area contributed by atoms with Crippen LogP contribution in [0.3, 0.4) is 0 Å². The molecule has 3 heterocycles. The molecule has 2 saturated heterocycles. The van der Waals surface area contributed by atoms with Crippen LogP contribution in [0.1, 0.15) is 35.3 Å². The van der Waals surface area contributed by atoms with Crippen molar-refractivity contribution in [2.75, 3.05) is 31.1 Å². The molecule has 10 heteroatoms. The van der Waals surface area contributed by atoms with Crippen molar-refractivity contribution < 1.29 is 31.9 Å². The molecule has 0 bridgehead atoms. The van der Waals surface area contributed by atoms with Crippen molar-refractivity contribution in [1.29, 1.82) is 0 Å². The average molecular weight is 451 g/mol. The van der Waals surface area contributed by atoms with Crippen molar-refractivity contribution in [3.8, 4) is 0 Å². The largest absolute Gasteiger partial charge is 0.417 e. The van der Waals surface area contributed by atoms with Crippen LogP contribution in [0.4, 0.5) is 23.2 Å². The zero-order valence-electron chi connectivity index (χ0n) is 17.1.